The highest BCUT2D eigenvalue weighted by atomic mass is 32.2. The summed E-state index contributed by atoms with van der Waals surface area (Å²) in [6.07, 6.45) is 9.03. The van der Waals surface area contributed by atoms with E-state index in [4.69, 9.17) is 0 Å². The van der Waals surface area contributed by atoms with Gasteiger partial charge in [-0.25, -0.2) is 0 Å². The first-order valence-electron chi connectivity index (χ1n) is 13.2. The highest BCUT2D eigenvalue weighted by Crippen LogP contribution is 2.41. The number of anilines is 2. The summed E-state index contributed by atoms with van der Waals surface area (Å²) in [5.41, 5.74) is 3.54. The highest BCUT2D eigenvalue weighted by Gasteiger charge is 2.27. The fourth-order valence-corrected chi connectivity index (χ4v) is 8.75. The Labute approximate surface area is 231 Å². The van der Waals surface area contributed by atoms with E-state index in [0.29, 0.717) is 57.3 Å². The van der Waals surface area contributed by atoms with Gasteiger partial charge in [-0.15, -0.1) is 22.7 Å². The lowest BCUT2D eigenvalue weighted by molar-refractivity contribution is -0.116. The predicted octanol–water partition coefficient (Wildman–Crippen LogP) is 6.67. The molecule has 0 aliphatic heterocycles. The highest BCUT2D eigenvalue weighted by molar-refractivity contribution is 7.99. The van der Waals surface area contributed by atoms with Crippen LogP contribution < -0.4 is 10.6 Å². The first-order valence-corrected chi connectivity index (χ1v) is 16.0. The van der Waals surface area contributed by atoms with Gasteiger partial charge >= 0.3 is 0 Å². The SMILES string of the molecule is CC[C@H]1CCc2c(sc(NC(=O)CCSCCC(=O)Nc3sc4c(c3C#N)CC[C@H](CC)C4)c2C#N)C1. The topological polar surface area (TPSA) is 106 Å². The minimum absolute atomic E-state index is 0.0905. The van der Waals surface area contributed by atoms with Crippen molar-refractivity contribution in [2.75, 3.05) is 22.1 Å². The smallest absolute Gasteiger partial charge is 0.225 e. The van der Waals surface area contributed by atoms with Gasteiger partial charge in [0.15, 0.2) is 0 Å². The minimum Gasteiger partial charge on any atom is -0.317 e. The van der Waals surface area contributed by atoms with Crippen LogP contribution >= 0.6 is 34.4 Å². The molecule has 0 spiro atoms. The number of nitrogens with zero attached hydrogens (tertiary/aromatic N) is 2. The summed E-state index contributed by atoms with van der Waals surface area (Å²) in [6.45, 7) is 4.41. The molecule has 0 radical (unpaired) electrons. The first kappa shape index (κ1) is 27.7. The van der Waals surface area contributed by atoms with E-state index in [9.17, 15) is 20.1 Å². The molecule has 4 rings (SSSR count). The number of amides is 2. The number of nitrogens with one attached hydrogen (secondary N) is 2. The Bertz CT molecular complexity index is 1140. The van der Waals surface area contributed by atoms with Crippen LogP contribution in [-0.4, -0.2) is 23.3 Å². The zero-order chi connectivity index (χ0) is 26.4. The largest absolute Gasteiger partial charge is 0.317 e. The summed E-state index contributed by atoms with van der Waals surface area (Å²) < 4.78 is 0. The molecule has 6 nitrogen and oxygen atoms in total. The van der Waals surface area contributed by atoms with E-state index in [-0.39, 0.29) is 11.8 Å². The zero-order valence-corrected chi connectivity index (χ0v) is 24.0. The molecule has 2 heterocycles. The van der Waals surface area contributed by atoms with Crippen molar-refractivity contribution >= 4 is 56.3 Å². The van der Waals surface area contributed by atoms with Crippen LogP contribution in [0, 0.1) is 34.5 Å². The lowest BCUT2D eigenvalue weighted by atomic mass is 9.86. The number of rotatable bonds is 10. The lowest BCUT2D eigenvalue weighted by Crippen LogP contribution is -2.14. The van der Waals surface area contributed by atoms with Crippen LogP contribution in [0.5, 0.6) is 0 Å². The molecule has 2 aromatic heterocycles. The second-order valence-corrected chi connectivity index (χ2v) is 13.3. The molecule has 0 saturated heterocycles. The molecule has 2 N–H and O–H groups in total. The van der Waals surface area contributed by atoms with Crippen molar-refractivity contribution in [3.8, 4) is 12.1 Å². The molecule has 2 aliphatic rings. The molecule has 37 heavy (non-hydrogen) atoms. The van der Waals surface area contributed by atoms with Crippen molar-refractivity contribution in [1.82, 2.24) is 0 Å². The van der Waals surface area contributed by atoms with Gasteiger partial charge in [0.25, 0.3) is 0 Å². The van der Waals surface area contributed by atoms with Crippen LogP contribution in [0.15, 0.2) is 0 Å². The van der Waals surface area contributed by atoms with E-state index in [1.165, 1.54) is 9.75 Å². The van der Waals surface area contributed by atoms with Gasteiger partial charge in [-0.1, -0.05) is 26.7 Å². The van der Waals surface area contributed by atoms with Crippen LogP contribution in [0.25, 0.3) is 0 Å². The molecule has 0 bridgehead atoms. The summed E-state index contributed by atoms with van der Waals surface area (Å²) in [6, 6.07) is 4.61. The molecule has 2 aliphatic carbocycles. The molecule has 2 atom stereocenters. The Hall–Kier alpha value is -2.33. The third-order valence-electron chi connectivity index (χ3n) is 7.57. The third kappa shape index (κ3) is 6.57. The van der Waals surface area contributed by atoms with Gasteiger partial charge in [-0.3, -0.25) is 9.59 Å². The number of nitriles is 2. The summed E-state index contributed by atoms with van der Waals surface area (Å²) in [5, 5.41) is 26.6. The monoisotopic (exact) mass is 554 g/mol. The Morgan fingerprint density at radius 3 is 1.65 bits per heavy atom. The summed E-state index contributed by atoms with van der Waals surface area (Å²) >= 11 is 4.69. The average Bonchev–Trinajstić information content (AvgIpc) is 3.43. The second kappa shape index (κ2) is 13.0. The number of thioether (sulfide) groups is 1. The number of hydrogen-bond acceptors (Lipinski definition) is 7. The number of fused-ring (bicyclic) bond motifs is 2. The van der Waals surface area contributed by atoms with E-state index >= 15 is 0 Å². The van der Waals surface area contributed by atoms with Gasteiger partial charge < -0.3 is 10.6 Å². The molecule has 0 fully saturated rings. The number of hydrogen-bond donors (Lipinski definition) is 2. The standard InChI is InChI=1S/C28H34N4O2S3/c1-3-17-5-7-19-21(15-29)27(36-23(19)13-17)31-25(33)9-11-35-12-10-26(34)32-28-22(16-30)20-8-6-18(4-2)14-24(20)37-28/h17-18H,3-14H2,1-2H3,(H,31,33)(H,32,34)/t17-,18-/m0/s1. The average molecular weight is 555 g/mol. The van der Waals surface area contributed by atoms with Crippen LogP contribution in [-0.2, 0) is 35.3 Å². The Morgan fingerprint density at radius 1 is 0.838 bits per heavy atom. The summed E-state index contributed by atoms with van der Waals surface area (Å²) in [5.74, 6) is 2.37. The lowest BCUT2D eigenvalue weighted by Gasteiger charge is -2.20. The number of thiophene rings is 2. The summed E-state index contributed by atoms with van der Waals surface area (Å²) in [7, 11) is 0. The Morgan fingerprint density at radius 2 is 1.27 bits per heavy atom. The van der Waals surface area contributed by atoms with Gasteiger partial charge in [-0.05, 0) is 61.5 Å². The van der Waals surface area contributed by atoms with E-state index in [1.54, 1.807) is 34.4 Å². The molecule has 0 saturated carbocycles. The molecule has 2 amide bonds. The third-order valence-corrected chi connectivity index (χ3v) is 10.9. The molecular formula is C28H34N4O2S3. The van der Waals surface area contributed by atoms with Gasteiger partial charge in [0.1, 0.15) is 22.1 Å². The van der Waals surface area contributed by atoms with Crippen molar-refractivity contribution in [1.29, 1.82) is 10.5 Å². The van der Waals surface area contributed by atoms with Gasteiger partial charge in [0.2, 0.25) is 11.8 Å². The van der Waals surface area contributed by atoms with Crippen molar-refractivity contribution in [3.05, 3.63) is 32.0 Å². The second-order valence-electron chi connectivity index (χ2n) is 9.88. The van der Waals surface area contributed by atoms with E-state index in [0.717, 1.165) is 62.5 Å². The summed E-state index contributed by atoms with van der Waals surface area (Å²) in [4.78, 5) is 27.6. The van der Waals surface area contributed by atoms with Gasteiger partial charge in [0.05, 0.1) is 11.1 Å². The number of carbonyl (C=O) groups excluding carboxylic acids is 2. The Kier molecular flexibility index (Phi) is 9.70. The molecule has 0 aromatic carbocycles. The minimum atomic E-state index is -0.0905. The van der Waals surface area contributed by atoms with E-state index in [1.807, 2.05) is 0 Å². The van der Waals surface area contributed by atoms with Crippen molar-refractivity contribution in [2.45, 2.75) is 78.1 Å². The van der Waals surface area contributed by atoms with Crippen LogP contribution in [0.4, 0.5) is 10.0 Å². The van der Waals surface area contributed by atoms with E-state index < -0.39 is 0 Å². The van der Waals surface area contributed by atoms with Crippen LogP contribution in [0.3, 0.4) is 0 Å². The van der Waals surface area contributed by atoms with Crippen LogP contribution in [0.2, 0.25) is 0 Å². The molecule has 2 aromatic rings. The Balaban J connectivity index is 1.20. The fraction of sp³-hybridized carbons (Fsp3) is 0.571. The van der Waals surface area contributed by atoms with Crippen molar-refractivity contribution in [2.24, 2.45) is 11.8 Å². The van der Waals surface area contributed by atoms with Gasteiger partial charge in [-0.2, -0.15) is 22.3 Å². The molecule has 9 heteroatoms. The molecule has 0 unspecified atom stereocenters. The maximum Gasteiger partial charge on any atom is 0.225 e. The molecule has 196 valence electrons. The number of carbonyl (C=O) groups is 2. The normalized spacial score (nSPS) is 18.3. The zero-order valence-electron chi connectivity index (χ0n) is 21.6. The van der Waals surface area contributed by atoms with E-state index in [2.05, 4.69) is 36.6 Å². The molecular weight excluding hydrogens is 521 g/mol. The van der Waals surface area contributed by atoms with Crippen molar-refractivity contribution < 1.29 is 9.59 Å². The van der Waals surface area contributed by atoms with Crippen molar-refractivity contribution in [3.63, 3.8) is 0 Å². The predicted molar refractivity (Wildman–Crippen MR) is 153 cm³/mol. The quantitative estimate of drug-likeness (QED) is 0.319. The first-order chi connectivity index (χ1) is 18.0. The van der Waals surface area contributed by atoms with Gasteiger partial charge in [0, 0.05) is 34.1 Å². The van der Waals surface area contributed by atoms with Crippen LogP contribution in [0.1, 0.15) is 84.4 Å². The maximum atomic E-state index is 12.5. The fourth-order valence-electron chi connectivity index (χ4n) is 5.23. The maximum absolute atomic E-state index is 12.5.